The van der Waals surface area contributed by atoms with Gasteiger partial charge in [0.15, 0.2) is 0 Å². The molecule has 0 bridgehead atoms. The minimum atomic E-state index is 0.284. The molecule has 1 fully saturated rings. The molecule has 18 heavy (non-hydrogen) atoms. The summed E-state index contributed by atoms with van der Waals surface area (Å²) in [4.78, 5) is 5.02. The van der Waals surface area contributed by atoms with E-state index in [2.05, 4.69) is 36.0 Å². The van der Waals surface area contributed by atoms with Gasteiger partial charge in [-0.3, -0.25) is 4.90 Å². The molecule has 0 aromatic carbocycles. The summed E-state index contributed by atoms with van der Waals surface area (Å²) in [7, 11) is 2.23. The molecule has 2 N–H and O–H groups in total. The van der Waals surface area contributed by atoms with Crippen LogP contribution in [0.4, 0.5) is 0 Å². The van der Waals surface area contributed by atoms with Gasteiger partial charge in [-0.25, -0.2) is 0 Å². The van der Waals surface area contributed by atoms with E-state index in [1.165, 1.54) is 13.0 Å². The second-order valence-electron chi connectivity index (χ2n) is 5.47. The third-order valence-electron chi connectivity index (χ3n) is 3.97. The molecule has 1 heterocycles. The summed E-state index contributed by atoms with van der Waals surface area (Å²) in [5, 5.41) is 12.7. The quantitative estimate of drug-likeness (QED) is 0.673. The van der Waals surface area contributed by atoms with E-state index in [1.54, 1.807) is 0 Å². The van der Waals surface area contributed by atoms with Crippen LogP contribution in [0, 0.1) is 0 Å². The largest absolute Gasteiger partial charge is 0.396 e. The van der Waals surface area contributed by atoms with Crippen LogP contribution in [0.5, 0.6) is 0 Å². The van der Waals surface area contributed by atoms with Crippen LogP contribution >= 0.6 is 0 Å². The molecule has 4 nitrogen and oxygen atoms in total. The zero-order chi connectivity index (χ0) is 13.4. The first kappa shape index (κ1) is 15.9. The van der Waals surface area contributed by atoms with Gasteiger partial charge in [0, 0.05) is 44.9 Å². The first-order valence-electron chi connectivity index (χ1n) is 7.48. The van der Waals surface area contributed by atoms with E-state index in [0.29, 0.717) is 12.1 Å². The van der Waals surface area contributed by atoms with Gasteiger partial charge in [0.05, 0.1) is 0 Å². The lowest BCUT2D eigenvalue weighted by Gasteiger charge is -2.40. The number of piperazine rings is 1. The average Bonchev–Trinajstić information content (AvgIpc) is 2.38. The van der Waals surface area contributed by atoms with Gasteiger partial charge < -0.3 is 15.3 Å². The SMILES string of the molecule is CCCNC(CCO)CN1CCN(C)C(CC)C1. The lowest BCUT2D eigenvalue weighted by Crippen LogP contribution is -2.54. The number of hydrogen-bond donors (Lipinski definition) is 2. The summed E-state index contributed by atoms with van der Waals surface area (Å²) in [6, 6.07) is 1.13. The van der Waals surface area contributed by atoms with Crippen molar-refractivity contribution in [2.75, 3.05) is 46.4 Å². The second kappa shape index (κ2) is 8.86. The van der Waals surface area contributed by atoms with Crippen LogP contribution in [-0.4, -0.2) is 73.4 Å². The molecule has 1 rings (SSSR count). The van der Waals surface area contributed by atoms with Gasteiger partial charge in [0.25, 0.3) is 0 Å². The van der Waals surface area contributed by atoms with Gasteiger partial charge in [0.1, 0.15) is 0 Å². The molecule has 2 unspecified atom stereocenters. The standard InChI is InChI=1S/C14H31N3O/c1-4-7-15-13(6-10-18)11-17-9-8-16(3)14(5-2)12-17/h13-15,18H,4-12H2,1-3H3. The fraction of sp³-hybridized carbons (Fsp3) is 1.00. The number of rotatable bonds is 8. The lowest BCUT2D eigenvalue weighted by molar-refractivity contribution is 0.0829. The molecule has 2 atom stereocenters. The topological polar surface area (TPSA) is 38.7 Å². The van der Waals surface area contributed by atoms with Crippen LogP contribution in [0.25, 0.3) is 0 Å². The van der Waals surface area contributed by atoms with Crippen LogP contribution < -0.4 is 5.32 Å². The third-order valence-corrected chi connectivity index (χ3v) is 3.97. The van der Waals surface area contributed by atoms with E-state index >= 15 is 0 Å². The van der Waals surface area contributed by atoms with Gasteiger partial charge in [-0.05, 0) is 32.9 Å². The summed E-state index contributed by atoms with van der Waals surface area (Å²) >= 11 is 0. The van der Waals surface area contributed by atoms with Crippen molar-refractivity contribution in [2.24, 2.45) is 0 Å². The van der Waals surface area contributed by atoms with Crippen molar-refractivity contribution in [3.8, 4) is 0 Å². The Hall–Kier alpha value is -0.160. The van der Waals surface area contributed by atoms with E-state index in [-0.39, 0.29) is 6.61 Å². The Kier molecular flexibility index (Phi) is 7.82. The number of nitrogens with zero attached hydrogens (tertiary/aromatic N) is 2. The molecule has 0 radical (unpaired) electrons. The molecule has 0 spiro atoms. The van der Waals surface area contributed by atoms with Crippen LogP contribution in [0.1, 0.15) is 33.1 Å². The molecule has 0 saturated carbocycles. The van der Waals surface area contributed by atoms with Gasteiger partial charge in [-0.2, -0.15) is 0 Å². The zero-order valence-corrected chi connectivity index (χ0v) is 12.4. The zero-order valence-electron chi connectivity index (χ0n) is 12.4. The van der Waals surface area contributed by atoms with Gasteiger partial charge >= 0.3 is 0 Å². The highest BCUT2D eigenvalue weighted by atomic mass is 16.3. The number of aliphatic hydroxyl groups is 1. The van der Waals surface area contributed by atoms with Gasteiger partial charge in [-0.1, -0.05) is 13.8 Å². The van der Waals surface area contributed by atoms with Gasteiger partial charge in [-0.15, -0.1) is 0 Å². The average molecular weight is 257 g/mol. The molecule has 0 amide bonds. The molecule has 108 valence electrons. The Morgan fingerprint density at radius 3 is 2.72 bits per heavy atom. The molecule has 4 heteroatoms. The fourth-order valence-electron chi connectivity index (χ4n) is 2.69. The minimum absolute atomic E-state index is 0.284. The highest BCUT2D eigenvalue weighted by Crippen LogP contribution is 2.11. The summed E-state index contributed by atoms with van der Waals surface area (Å²) in [6.07, 6.45) is 3.24. The van der Waals surface area contributed by atoms with Crippen LogP contribution in [0.3, 0.4) is 0 Å². The third kappa shape index (κ3) is 5.22. The first-order chi connectivity index (χ1) is 8.71. The second-order valence-corrected chi connectivity index (χ2v) is 5.47. The molecular formula is C14H31N3O. The van der Waals surface area contributed by atoms with E-state index in [9.17, 15) is 0 Å². The molecule has 1 saturated heterocycles. The number of aliphatic hydroxyl groups excluding tert-OH is 1. The minimum Gasteiger partial charge on any atom is -0.396 e. The summed E-state index contributed by atoms with van der Waals surface area (Å²) < 4.78 is 0. The summed E-state index contributed by atoms with van der Waals surface area (Å²) in [5.41, 5.74) is 0. The number of likely N-dealkylation sites (N-methyl/N-ethyl adjacent to an activating group) is 1. The monoisotopic (exact) mass is 257 g/mol. The molecule has 0 aromatic rings. The Morgan fingerprint density at radius 1 is 1.33 bits per heavy atom. The maximum Gasteiger partial charge on any atom is 0.0446 e. The molecule has 0 aromatic heterocycles. The van der Waals surface area contributed by atoms with Crippen molar-refractivity contribution in [3.05, 3.63) is 0 Å². The normalized spacial score (nSPS) is 24.3. The predicted octanol–water partition coefficient (Wildman–Crippen LogP) is 0.763. The van der Waals surface area contributed by atoms with Gasteiger partial charge in [0.2, 0.25) is 0 Å². The van der Waals surface area contributed by atoms with Crippen LogP contribution in [0.2, 0.25) is 0 Å². The molecule has 0 aliphatic carbocycles. The molecule has 1 aliphatic heterocycles. The van der Waals surface area contributed by atoms with Crippen molar-refractivity contribution in [1.82, 2.24) is 15.1 Å². The number of nitrogens with one attached hydrogen (secondary N) is 1. The van der Waals surface area contributed by atoms with Crippen molar-refractivity contribution in [1.29, 1.82) is 0 Å². The van der Waals surface area contributed by atoms with Crippen molar-refractivity contribution in [2.45, 2.75) is 45.2 Å². The van der Waals surface area contributed by atoms with Crippen molar-refractivity contribution >= 4 is 0 Å². The molecule has 1 aliphatic rings. The summed E-state index contributed by atoms with van der Waals surface area (Å²) in [5.74, 6) is 0. The highest BCUT2D eigenvalue weighted by molar-refractivity contribution is 4.82. The Morgan fingerprint density at radius 2 is 2.11 bits per heavy atom. The molecular weight excluding hydrogens is 226 g/mol. The summed E-state index contributed by atoms with van der Waals surface area (Å²) in [6.45, 7) is 10.4. The smallest absolute Gasteiger partial charge is 0.0446 e. The highest BCUT2D eigenvalue weighted by Gasteiger charge is 2.24. The van der Waals surface area contributed by atoms with E-state index in [1.807, 2.05) is 0 Å². The maximum atomic E-state index is 9.14. The van der Waals surface area contributed by atoms with E-state index < -0.39 is 0 Å². The number of hydrogen-bond acceptors (Lipinski definition) is 4. The van der Waals surface area contributed by atoms with Crippen LogP contribution in [-0.2, 0) is 0 Å². The fourth-order valence-corrected chi connectivity index (χ4v) is 2.69. The van der Waals surface area contributed by atoms with Crippen molar-refractivity contribution < 1.29 is 5.11 Å². The maximum absolute atomic E-state index is 9.14. The lowest BCUT2D eigenvalue weighted by atomic mass is 10.1. The Bertz CT molecular complexity index is 213. The van der Waals surface area contributed by atoms with E-state index in [4.69, 9.17) is 5.11 Å². The first-order valence-corrected chi connectivity index (χ1v) is 7.48. The Labute approximate surface area is 112 Å². The Balaban J connectivity index is 2.38. The van der Waals surface area contributed by atoms with Crippen molar-refractivity contribution in [3.63, 3.8) is 0 Å². The van der Waals surface area contributed by atoms with Crippen LogP contribution in [0.15, 0.2) is 0 Å². The van der Waals surface area contributed by atoms with E-state index in [0.717, 1.165) is 39.0 Å². The predicted molar refractivity (Wildman–Crippen MR) is 76.9 cm³/mol.